The maximum absolute atomic E-state index is 9.38. The third-order valence-electron chi connectivity index (χ3n) is 2.76. The normalized spacial score (nSPS) is 45.0. The fraction of sp³-hybridized carbons (Fsp3) is 1.00. The van der Waals surface area contributed by atoms with E-state index in [1.165, 1.54) is 0 Å². The molecule has 0 bridgehead atoms. The van der Waals surface area contributed by atoms with Gasteiger partial charge in [-0.25, -0.2) is 0 Å². The Balaban J connectivity index is 1.93. The van der Waals surface area contributed by atoms with Crippen LogP contribution in [0.1, 0.15) is 19.3 Å². The van der Waals surface area contributed by atoms with Crippen LogP contribution in [0.2, 0.25) is 0 Å². The summed E-state index contributed by atoms with van der Waals surface area (Å²) in [4.78, 5) is 0. The number of hydrogen-bond donors (Lipinski definition) is 3. The summed E-state index contributed by atoms with van der Waals surface area (Å²) in [6.07, 6.45) is 2.95. The van der Waals surface area contributed by atoms with Gasteiger partial charge in [-0.3, -0.25) is 0 Å². The van der Waals surface area contributed by atoms with Gasteiger partial charge in [0.15, 0.2) is 0 Å². The zero-order valence-corrected chi connectivity index (χ0v) is 6.71. The molecule has 1 aliphatic carbocycles. The molecule has 3 N–H and O–H groups in total. The molecule has 2 rings (SSSR count). The summed E-state index contributed by atoms with van der Waals surface area (Å²) >= 11 is 0. The van der Waals surface area contributed by atoms with Crippen molar-refractivity contribution in [3.8, 4) is 0 Å². The second-order valence-corrected chi connectivity index (χ2v) is 3.59. The SMILES string of the molecule is OC1CCC2NCCNC2C1. The Bertz CT molecular complexity index is 140. The maximum atomic E-state index is 9.38. The topological polar surface area (TPSA) is 44.3 Å². The zero-order valence-electron chi connectivity index (χ0n) is 6.71. The van der Waals surface area contributed by atoms with E-state index in [0.717, 1.165) is 32.4 Å². The van der Waals surface area contributed by atoms with Crippen LogP contribution in [0.3, 0.4) is 0 Å². The molecule has 1 saturated heterocycles. The first-order chi connectivity index (χ1) is 5.36. The van der Waals surface area contributed by atoms with E-state index in [9.17, 15) is 5.11 Å². The van der Waals surface area contributed by atoms with Gasteiger partial charge in [0.05, 0.1) is 6.10 Å². The molecule has 11 heavy (non-hydrogen) atoms. The minimum Gasteiger partial charge on any atom is -0.393 e. The minimum absolute atomic E-state index is 0.0661. The molecule has 3 nitrogen and oxygen atoms in total. The largest absolute Gasteiger partial charge is 0.393 e. The number of fused-ring (bicyclic) bond motifs is 1. The summed E-state index contributed by atoms with van der Waals surface area (Å²) in [5.74, 6) is 0. The van der Waals surface area contributed by atoms with Gasteiger partial charge in [-0.15, -0.1) is 0 Å². The standard InChI is InChI=1S/C8H16N2O/c11-6-1-2-7-8(5-6)10-4-3-9-7/h6-11H,1-5H2. The van der Waals surface area contributed by atoms with Crippen LogP contribution in [0.4, 0.5) is 0 Å². The van der Waals surface area contributed by atoms with Gasteiger partial charge in [0.1, 0.15) is 0 Å². The molecule has 0 radical (unpaired) electrons. The highest BCUT2D eigenvalue weighted by molar-refractivity contribution is 4.92. The minimum atomic E-state index is -0.0661. The van der Waals surface area contributed by atoms with Gasteiger partial charge in [0, 0.05) is 25.2 Å². The van der Waals surface area contributed by atoms with Gasteiger partial charge in [-0.1, -0.05) is 0 Å². The fourth-order valence-electron chi connectivity index (χ4n) is 2.13. The average molecular weight is 156 g/mol. The first-order valence-corrected chi connectivity index (χ1v) is 4.51. The Kier molecular flexibility index (Phi) is 2.11. The molecule has 0 spiro atoms. The molecule has 0 amide bonds. The zero-order chi connectivity index (χ0) is 7.68. The Hall–Kier alpha value is -0.120. The maximum Gasteiger partial charge on any atom is 0.0556 e. The van der Waals surface area contributed by atoms with Crippen LogP contribution in [0, 0.1) is 0 Å². The van der Waals surface area contributed by atoms with Gasteiger partial charge in [0.25, 0.3) is 0 Å². The van der Waals surface area contributed by atoms with Crippen molar-refractivity contribution in [2.75, 3.05) is 13.1 Å². The van der Waals surface area contributed by atoms with Crippen molar-refractivity contribution in [1.29, 1.82) is 0 Å². The molecule has 0 aromatic heterocycles. The van der Waals surface area contributed by atoms with Gasteiger partial charge in [0.2, 0.25) is 0 Å². The lowest BCUT2D eigenvalue weighted by atomic mass is 9.87. The van der Waals surface area contributed by atoms with E-state index in [0.29, 0.717) is 12.1 Å². The lowest BCUT2D eigenvalue weighted by molar-refractivity contribution is 0.0870. The number of hydrogen-bond acceptors (Lipinski definition) is 3. The van der Waals surface area contributed by atoms with Gasteiger partial charge >= 0.3 is 0 Å². The van der Waals surface area contributed by atoms with E-state index in [4.69, 9.17) is 0 Å². The fourth-order valence-corrected chi connectivity index (χ4v) is 2.13. The van der Waals surface area contributed by atoms with Crippen molar-refractivity contribution in [3.63, 3.8) is 0 Å². The number of rotatable bonds is 0. The van der Waals surface area contributed by atoms with Crippen LogP contribution in [0.5, 0.6) is 0 Å². The van der Waals surface area contributed by atoms with Crippen LogP contribution in [0.15, 0.2) is 0 Å². The number of aliphatic hydroxyl groups excluding tert-OH is 1. The molecular weight excluding hydrogens is 140 g/mol. The molecule has 1 saturated carbocycles. The molecule has 2 fully saturated rings. The van der Waals surface area contributed by atoms with E-state index in [1.54, 1.807) is 0 Å². The summed E-state index contributed by atoms with van der Waals surface area (Å²) in [7, 11) is 0. The van der Waals surface area contributed by atoms with Crippen molar-refractivity contribution >= 4 is 0 Å². The van der Waals surface area contributed by atoms with Crippen LogP contribution >= 0.6 is 0 Å². The van der Waals surface area contributed by atoms with Crippen LogP contribution < -0.4 is 10.6 Å². The third-order valence-corrected chi connectivity index (χ3v) is 2.76. The van der Waals surface area contributed by atoms with E-state index in [1.807, 2.05) is 0 Å². The van der Waals surface area contributed by atoms with E-state index in [2.05, 4.69) is 10.6 Å². The van der Waals surface area contributed by atoms with Crippen molar-refractivity contribution in [3.05, 3.63) is 0 Å². The average Bonchev–Trinajstić information content (AvgIpc) is 2.04. The molecule has 3 heteroatoms. The monoisotopic (exact) mass is 156 g/mol. The summed E-state index contributed by atoms with van der Waals surface area (Å²) < 4.78 is 0. The summed E-state index contributed by atoms with van der Waals surface area (Å²) in [5.41, 5.74) is 0. The predicted octanol–water partition coefficient (Wildman–Crippen LogP) is -0.539. The smallest absolute Gasteiger partial charge is 0.0556 e. The predicted molar refractivity (Wildman–Crippen MR) is 43.4 cm³/mol. The molecule has 3 unspecified atom stereocenters. The third kappa shape index (κ3) is 1.55. The molecule has 1 aliphatic heterocycles. The summed E-state index contributed by atoms with van der Waals surface area (Å²) in [5, 5.41) is 16.3. The van der Waals surface area contributed by atoms with Crippen molar-refractivity contribution in [2.24, 2.45) is 0 Å². The summed E-state index contributed by atoms with van der Waals surface area (Å²) in [6.45, 7) is 2.13. The summed E-state index contributed by atoms with van der Waals surface area (Å²) in [6, 6.07) is 1.14. The lowest BCUT2D eigenvalue weighted by Crippen LogP contribution is -2.58. The second-order valence-electron chi connectivity index (χ2n) is 3.59. The molecule has 2 aliphatic rings. The van der Waals surface area contributed by atoms with Crippen molar-refractivity contribution < 1.29 is 5.11 Å². The van der Waals surface area contributed by atoms with E-state index in [-0.39, 0.29) is 6.10 Å². The highest BCUT2D eigenvalue weighted by Gasteiger charge is 2.30. The second kappa shape index (κ2) is 3.09. The molecule has 0 aromatic carbocycles. The lowest BCUT2D eigenvalue weighted by Gasteiger charge is -2.39. The van der Waals surface area contributed by atoms with Crippen LogP contribution in [-0.4, -0.2) is 36.4 Å². The Labute approximate surface area is 67.2 Å². The van der Waals surface area contributed by atoms with Gasteiger partial charge in [-0.05, 0) is 19.3 Å². The van der Waals surface area contributed by atoms with Crippen molar-refractivity contribution in [1.82, 2.24) is 10.6 Å². The number of nitrogens with one attached hydrogen (secondary N) is 2. The number of aliphatic hydroxyl groups is 1. The Morgan fingerprint density at radius 3 is 2.55 bits per heavy atom. The van der Waals surface area contributed by atoms with E-state index < -0.39 is 0 Å². The van der Waals surface area contributed by atoms with Crippen LogP contribution in [0.25, 0.3) is 0 Å². The van der Waals surface area contributed by atoms with E-state index >= 15 is 0 Å². The van der Waals surface area contributed by atoms with Crippen molar-refractivity contribution in [2.45, 2.75) is 37.5 Å². The Morgan fingerprint density at radius 1 is 1.00 bits per heavy atom. The molecular formula is C8H16N2O. The molecule has 0 aromatic rings. The first kappa shape index (κ1) is 7.53. The Morgan fingerprint density at radius 2 is 1.73 bits per heavy atom. The molecule has 1 heterocycles. The molecule has 64 valence electrons. The molecule has 3 atom stereocenters. The highest BCUT2D eigenvalue weighted by Crippen LogP contribution is 2.20. The first-order valence-electron chi connectivity index (χ1n) is 4.51. The number of piperazine rings is 1. The quantitative estimate of drug-likeness (QED) is 0.441. The van der Waals surface area contributed by atoms with Crippen LogP contribution in [-0.2, 0) is 0 Å². The highest BCUT2D eigenvalue weighted by atomic mass is 16.3. The van der Waals surface area contributed by atoms with Gasteiger partial charge < -0.3 is 15.7 Å². The van der Waals surface area contributed by atoms with Gasteiger partial charge in [-0.2, -0.15) is 0 Å².